The minimum Gasteiger partial charge on any atom is -0.415 e. The van der Waals surface area contributed by atoms with E-state index in [1.807, 2.05) is 13.8 Å². The summed E-state index contributed by atoms with van der Waals surface area (Å²) < 4.78 is 34.7. The van der Waals surface area contributed by atoms with Crippen molar-refractivity contribution >= 4 is 18.3 Å². The number of benzene rings is 1. The summed E-state index contributed by atoms with van der Waals surface area (Å²) in [5.41, 5.74) is 4.84. The summed E-state index contributed by atoms with van der Waals surface area (Å²) in [6, 6.07) is 6.30. The van der Waals surface area contributed by atoms with Crippen molar-refractivity contribution in [2.24, 2.45) is 0 Å². The zero-order valence-corrected chi connectivity index (χ0v) is 19.4. The second-order valence-corrected chi connectivity index (χ2v) is 14.8. The summed E-state index contributed by atoms with van der Waals surface area (Å²) in [5.74, 6) is 0. The number of aryl methyl sites for hydroxylation is 1. The lowest BCUT2D eigenvalue weighted by molar-refractivity contribution is 0.268. The van der Waals surface area contributed by atoms with Gasteiger partial charge in [-0.1, -0.05) is 51.1 Å². The number of nitrogens with one attached hydrogen (secondary N) is 1. The van der Waals surface area contributed by atoms with Crippen LogP contribution in [-0.2, 0) is 14.4 Å². The van der Waals surface area contributed by atoms with Crippen LogP contribution < -0.4 is 4.72 Å². The van der Waals surface area contributed by atoms with Gasteiger partial charge in [0.05, 0.1) is 17.5 Å². The standard InChI is InChI=1S/C21H33NO3SSi/c1-9-10-11-18(3)20(16-25-27(7,8)21(4,5)6)22-26(23,24)19-14-12-17(2)13-15-19/h9-10,12-15,20,22H,1,16H2,2-8H3/t11?,20-/m1/s1. The van der Waals surface area contributed by atoms with Crippen LogP contribution in [0.15, 0.2) is 59.2 Å². The molecule has 27 heavy (non-hydrogen) atoms. The van der Waals surface area contributed by atoms with Gasteiger partial charge in [-0.3, -0.25) is 0 Å². The first-order valence-corrected chi connectivity index (χ1v) is 13.5. The molecule has 0 amide bonds. The minimum atomic E-state index is -3.66. The van der Waals surface area contributed by atoms with Crippen molar-refractivity contribution in [1.29, 1.82) is 0 Å². The van der Waals surface area contributed by atoms with Crippen molar-refractivity contribution in [1.82, 2.24) is 4.72 Å². The predicted molar refractivity (Wildman–Crippen MR) is 116 cm³/mol. The molecule has 0 unspecified atom stereocenters. The molecule has 1 aromatic carbocycles. The number of hydrogen-bond acceptors (Lipinski definition) is 3. The fourth-order valence-electron chi connectivity index (χ4n) is 2.02. The Morgan fingerprint density at radius 1 is 1.30 bits per heavy atom. The van der Waals surface area contributed by atoms with Gasteiger partial charge in [0.1, 0.15) is 0 Å². The Hall–Kier alpha value is -1.43. The maximum atomic E-state index is 12.8. The first kappa shape index (κ1) is 23.6. The van der Waals surface area contributed by atoms with Crippen LogP contribution >= 0.6 is 0 Å². The van der Waals surface area contributed by atoms with Crippen LogP contribution in [0.4, 0.5) is 0 Å². The van der Waals surface area contributed by atoms with Gasteiger partial charge < -0.3 is 4.43 Å². The second-order valence-electron chi connectivity index (χ2n) is 8.29. The van der Waals surface area contributed by atoms with Gasteiger partial charge in [0, 0.05) is 0 Å². The van der Waals surface area contributed by atoms with Crippen LogP contribution in [0, 0.1) is 6.92 Å². The van der Waals surface area contributed by atoms with E-state index in [9.17, 15) is 8.42 Å². The Labute approximate surface area is 166 Å². The molecule has 0 aliphatic rings. The van der Waals surface area contributed by atoms with Gasteiger partial charge in [-0.15, -0.1) is 5.73 Å². The van der Waals surface area contributed by atoms with Crippen molar-refractivity contribution < 1.29 is 12.8 Å². The van der Waals surface area contributed by atoms with E-state index in [1.54, 1.807) is 36.4 Å². The molecular weight excluding hydrogens is 374 g/mol. The van der Waals surface area contributed by atoms with Crippen LogP contribution in [-0.4, -0.2) is 29.4 Å². The summed E-state index contributed by atoms with van der Waals surface area (Å²) in [5, 5.41) is 0.0436. The third-order valence-electron chi connectivity index (χ3n) is 5.00. The predicted octanol–water partition coefficient (Wildman–Crippen LogP) is 4.95. The van der Waals surface area contributed by atoms with E-state index in [0.29, 0.717) is 0 Å². The van der Waals surface area contributed by atoms with Gasteiger partial charge in [-0.2, -0.15) is 0 Å². The molecule has 1 rings (SSSR count). The van der Waals surface area contributed by atoms with E-state index < -0.39 is 24.4 Å². The average Bonchev–Trinajstić information content (AvgIpc) is 2.55. The Morgan fingerprint density at radius 2 is 1.85 bits per heavy atom. The summed E-state index contributed by atoms with van der Waals surface area (Å²) in [4.78, 5) is 0.242. The Bertz CT molecular complexity index is 812. The van der Waals surface area contributed by atoms with Crippen molar-refractivity contribution in [3.8, 4) is 0 Å². The van der Waals surface area contributed by atoms with Gasteiger partial charge in [-0.25, -0.2) is 13.1 Å². The minimum absolute atomic E-state index is 0.0436. The third kappa shape index (κ3) is 6.90. The van der Waals surface area contributed by atoms with Gasteiger partial charge in [0.25, 0.3) is 0 Å². The SMILES string of the molecule is C=CC=C=C(C)[C@@H](CO[Si](C)(C)C(C)(C)C)NS(=O)(=O)c1ccc(C)cc1. The maximum absolute atomic E-state index is 12.8. The fourth-order valence-corrected chi connectivity index (χ4v) is 4.29. The largest absolute Gasteiger partial charge is 0.415 e. The zero-order valence-electron chi connectivity index (χ0n) is 17.6. The summed E-state index contributed by atoms with van der Waals surface area (Å²) >= 11 is 0. The number of sulfonamides is 1. The van der Waals surface area contributed by atoms with E-state index in [4.69, 9.17) is 4.43 Å². The molecular formula is C21H33NO3SSi. The molecule has 1 atom stereocenters. The average molecular weight is 408 g/mol. The molecule has 0 spiro atoms. The van der Waals surface area contributed by atoms with E-state index >= 15 is 0 Å². The molecule has 0 aliphatic heterocycles. The second kappa shape index (κ2) is 9.17. The Morgan fingerprint density at radius 3 is 2.33 bits per heavy atom. The lowest BCUT2D eigenvalue weighted by Gasteiger charge is -2.37. The summed E-state index contributed by atoms with van der Waals surface area (Å²) in [6.45, 7) is 18.5. The smallest absolute Gasteiger partial charge is 0.241 e. The van der Waals surface area contributed by atoms with Crippen LogP contribution in [0.3, 0.4) is 0 Å². The fraction of sp³-hybridized carbons (Fsp3) is 0.476. The van der Waals surface area contributed by atoms with Gasteiger partial charge in [0.15, 0.2) is 8.32 Å². The first-order valence-electron chi connectivity index (χ1n) is 9.07. The molecule has 0 saturated carbocycles. The van der Waals surface area contributed by atoms with Crippen molar-refractivity contribution in [2.75, 3.05) is 6.61 Å². The topological polar surface area (TPSA) is 55.4 Å². The molecule has 0 aliphatic carbocycles. The Kier molecular flexibility index (Phi) is 8.02. The van der Waals surface area contributed by atoms with E-state index in [1.165, 1.54) is 0 Å². The lowest BCUT2D eigenvalue weighted by Crippen LogP contribution is -2.46. The highest BCUT2D eigenvalue weighted by Gasteiger charge is 2.38. The number of allylic oxidation sites excluding steroid dienone is 1. The summed E-state index contributed by atoms with van der Waals surface area (Å²) in [6.07, 6.45) is 3.29. The van der Waals surface area contributed by atoms with Crippen molar-refractivity contribution in [3.63, 3.8) is 0 Å². The van der Waals surface area contributed by atoms with E-state index in [2.05, 4.69) is 50.9 Å². The van der Waals surface area contributed by atoms with Gasteiger partial charge in [-0.05, 0) is 55.8 Å². The lowest BCUT2D eigenvalue weighted by atomic mass is 10.1. The molecule has 0 saturated heterocycles. The van der Waals surface area contributed by atoms with E-state index in [0.717, 1.165) is 11.1 Å². The molecule has 0 bridgehead atoms. The third-order valence-corrected chi connectivity index (χ3v) is 11.0. The highest BCUT2D eigenvalue weighted by molar-refractivity contribution is 7.89. The molecule has 150 valence electrons. The van der Waals surface area contributed by atoms with Gasteiger partial charge in [0.2, 0.25) is 10.0 Å². The van der Waals surface area contributed by atoms with Crippen LogP contribution in [0.25, 0.3) is 0 Å². The zero-order chi connectivity index (χ0) is 20.9. The first-order chi connectivity index (χ1) is 12.3. The number of rotatable bonds is 8. The molecule has 0 radical (unpaired) electrons. The van der Waals surface area contributed by atoms with Crippen LogP contribution in [0.5, 0.6) is 0 Å². The van der Waals surface area contributed by atoms with E-state index in [-0.39, 0.29) is 16.5 Å². The Balaban J connectivity index is 3.14. The molecule has 0 heterocycles. The highest BCUT2D eigenvalue weighted by atomic mass is 32.2. The maximum Gasteiger partial charge on any atom is 0.241 e. The molecule has 0 fully saturated rings. The quantitative estimate of drug-likeness (QED) is 0.377. The molecule has 1 N–H and O–H groups in total. The summed E-state index contributed by atoms with van der Waals surface area (Å²) in [7, 11) is -5.68. The van der Waals surface area contributed by atoms with Crippen LogP contribution in [0.2, 0.25) is 18.1 Å². The van der Waals surface area contributed by atoms with Gasteiger partial charge >= 0.3 is 0 Å². The number of hydrogen-bond donors (Lipinski definition) is 1. The van der Waals surface area contributed by atoms with Crippen molar-refractivity contribution in [2.45, 2.75) is 63.7 Å². The monoisotopic (exact) mass is 407 g/mol. The van der Waals surface area contributed by atoms with Crippen LogP contribution in [0.1, 0.15) is 33.3 Å². The molecule has 4 nitrogen and oxygen atoms in total. The van der Waals surface area contributed by atoms with Crippen molar-refractivity contribution in [3.05, 3.63) is 59.9 Å². The normalized spacial score (nSPS) is 13.6. The molecule has 1 aromatic rings. The molecule has 6 heteroatoms. The highest BCUT2D eigenvalue weighted by Crippen LogP contribution is 2.36. The molecule has 0 aromatic heterocycles.